The zero-order valence-corrected chi connectivity index (χ0v) is 28.9. The summed E-state index contributed by atoms with van der Waals surface area (Å²) in [5.74, 6) is -1.68. The zero-order valence-electron chi connectivity index (χ0n) is 28.9. The van der Waals surface area contributed by atoms with Crippen molar-refractivity contribution in [2.75, 3.05) is 32.7 Å². The van der Waals surface area contributed by atoms with E-state index in [0.717, 1.165) is 49.0 Å². The van der Waals surface area contributed by atoms with Gasteiger partial charge in [-0.1, -0.05) is 36.4 Å². The first kappa shape index (κ1) is 37.3. The van der Waals surface area contributed by atoms with Gasteiger partial charge in [-0.3, -0.25) is 19.2 Å². The Bertz CT molecular complexity index is 1940. The predicted octanol–water partition coefficient (Wildman–Crippen LogP) is 5.74. The van der Waals surface area contributed by atoms with E-state index in [2.05, 4.69) is 37.7 Å². The number of halogens is 4. The number of ether oxygens (including phenoxy) is 1. The van der Waals surface area contributed by atoms with Gasteiger partial charge in [-0.05, 0) is 67.0 Å². The smallest absolute Gasteiger partial charge is 0.433 e. The standard InChI is InChI=1S/C37H39F4N7O5/c1-46-32(37(39,40)41)21-31(45-46)34(50)44-28-11-9-27(10-12-28)43-33(49)30-20-26(38)22-42-35(30)53-29-4-2-3-25(19-29)24-7-5-23(6-8-24)13-14-47-15-17-48(18-16-47)36(51)52/h2-8,19-22,27-28H,9-18H2,1H3,(H,43,49)(H,44,50)(H,51,52). The first-order valence-corrected chi connectivity index (χ1v) is 17.3. The topological polar surface area (TPSA) is 142 Å². The Kier molecular flexibility index (Phi) is 11.3. The van der Waals surface area contributed by atoms with E-state index in [4.69, 9.17) is 9.84 Å². The molecule has 2 aliphatic rings. The molecule has 280 valence electrons. The lowest BCUT2D eigenvalue weighted by Crippen LogP contribution is -2.48. The van der Waals surface area contributed by atoms with Crippen LogP contribution in [0.25, 0.3) is 11.1 Å². The molecular formula is C37H39F4N7O5. The molecule has 6 rings (SSSR count). The number of piperazine rings is 1. The summed E-state index contributed by atoms with van der Waals surface area (Å²) in [6.07, 6.45) is -1.87. The van der Waals surface area contributed by atoms with E-state index in [-0.39, 0.29) is 29.2 Å². The van der Waals surface area contributed by atoms with E-state index in [0.29, 0.717) is 68.4 Å². The fourth-order valence-electron chi connectivity index (χ4n) is 6.58. The highest BCUT2D eigenvalue weighted by atomic mass is 19.4. The molecule has 0 spiro atoms. The molecule has 3 amide bonds. The van der Waals surface area contributed by atoms with Crippen LogP contribution in [0.4, 0.5) is 22.4 Å². The number of hydrogen-bond donors (Lipinski definition) is 3. The summed E-state index contributed by atoms with van der Waals surface area (Å²) >= 11 is 0. The number of carboxylic acid groups (broad SMARTS) is 1. The van der Waals surface area contributed by atoms with Gasteiger partial charge in [0.05, 0.1) is 6.20 Å². The van der Waals surface area contributed by atoms with E-state index >= 15 is 0 Å². The highest BCUT2D eigenvalue weighted by Gasteiger charge is 2.36. The summed E-state index contributed by atoms with van der Waals surface area (Å²) in [7, 11) is 1.12. The van der Waals surface area contributed by atoms with E-state index < -0.39 is 35.6 Å². The maximum atomic E-state index is 14.3. The average molecular weight is 738 g/mol. The number of aryl methyl sites for hydroxylation is 1. The number of alkyl halides is 3. The Hall–Kier alpha value is -5.51. The number of nitrogens with one attached hydrogen (secondary N) is 2. The van der Waals surface area contributed by atoms with Crippen molar-refractivity contribution in [3.05, 3.63) is 95.2 Å². The van der Waals surface area contributed by atoms with Gasteiger partial charge >= 0.3 is 12.3 Å². The number of benzene rings is 2. The number of nitrogens with zero attached hydrogens (tertiary/aromatic N) is 5. The molecule has 0 unspecified atom stereocenters. The second-order valence-electron chi connectivity index (χ2n) is 13.2. The number of amides is 3. The van der Waals surface area contributed by atoms with Gasteiger partial charge in [0, 0.05) is 57.9 Å². The molecule has 53 heavy (non-hydrogen) atoms. The van der Waals surface area contributed by atoms with Crippen molar-refractivity contribution in [2.45, 2.75) is 50.4 Å². The van der Waals surface area contributed by atoms with Gasteiger partial charge in [-0.25, -0.2) is 14.2 Å². The van der Waals surface area contributed by atoms with Crippen LogP contribution < -0.4 is 15.4 Å². The summed E-state index contributed by atoms with van der Waals surface area (Å²) in [5, 5.41) is 18.5. The van der Waals surface area contributed by atoms with E-state index in [1.807, 2.05) is 18.2 Å². The van der Waals surface area contributed by atoms with Crippen LogP contribution in [0.5, 0.6) is 11.6 Å². The van der Waals surface area contributed by atoms with Crippen molar-refractivity contribution < 1.29 is 41.8 Å². The fraction of sp³-hybridized carbons (Fsp3) is 0.378. The number of rotatable bonds is 10. The molecule has 1 saturated carbocycles. The van der Waals surface area contributed by atoms with Crippen LogP contribution in [0.1, 0.15) is 57.8 Å². The highest BCUT2D eigenvalue weighted by molar-refractivity contribution is 5.96. The monoisotopic (exact) mass is 737 g/mol. The lowest BCUT2D eigenvalue weighted by Gasteiger charge is -2.33. The third kappa shape index (κ3) is 9.49. The fourth-order valence-corrected chi connectivity index (χ4v) is 6.58. The van der Waals surface area contributed by atoms with Gasteiger partial charge in [0.2, 0.25) is 5.88 Å². The molecular weight excluding hydrogens is 698 g/mol. The van der Waals surface area contributed by atoms with Crippen LogP contribution in [0.3, 0.4) is 0 Å². The van der Waals surface area contributed by atoms with E-state index in [1.165, 1.54) is 4.90 Å². The van der Waals surface area contributed by atoms with Crippen molar-refractivity contribution in [3.63, 3.8) is 0 Å². The average Bonchev–Trinajstić information content (AvgIpc) is 3.55. The number of carbonyl (C=O) groups excluding carboxylic acids is 2. The number of hydrogen-bond acceptors (Lipinski definition) is 7. The van der Waals surface area contributed by atoms with Crippen LogP contribution in [-0.4, -0.2) is 92.4 Å². The number of carbonyl (C=O) groups is 3. The van der Waals surface area contributed by atoms with Crippen molar-refractivity contribution in [1.29, 1.82) is 0 Å². The first-order chi connectivity index (χ1) is 25.3. The minimum absolute atomic E-state index is 0.0740. The molecule has 1 saturated heterocycles. The lowest BCUT2D eigenvalue weighted by molar-refractivity contribution is -0.143. The highest BCUT2D eigenvalue weighted by Crippen LogP contribution is 2.31. The third-order valence-electron chi connectivity index (χ3n) is 9.56. The van der Waals surface area contributed by atoms with E-state index in [1.54, 1.807) is 18.2 Å². The molecule has 1 aliphatic heterocycles. The normalized spacial score (nSPS) is 18.0. The summed E-state index contributed by atoms with van der Waals surface area (Å²) in [4.78, 5) is 44.8. The Balaban J connectivity index is 1.02. The molecule has 2 aromatic heterocycles. The third-order valence-corrected chi connectivity index (χ3v) is 9.56. The Morgan fingerprint density at radius 3 is 2.17 bits per heavy atom. The molecule has 3 heterocycles. The Morgan fingerprint density at radius 2 is 1.55 bits per heavy atom. The van der Waals surface area contributed by atoms with Gasteiger partial charge < -0.3 is 25.4 Å². The molecule has 2 fully saturated rings. The van der Waals surface area contributed by atoms with Crippen LogP contribution in [0.15, 0.2) is 66.9 Å². The van der Waals surface area contributed by atoms with Crippen LogP contribution in [0.2, 0.25) is 0 Å². The SMILES string of the molecule is Cn1nc(C(=O)NC2CCC(NC(=O)c3cc(F)cnc3Oc3cccc(-c4ccc(CCN5CCN(C(=O)O)CC5)cc4)c3)CC2)cc1C(F)(F)F. The molecule has 0 bridgehead atoms. The van der Waals surface area contributed by atoms with Gasteiger partial charge in [-0.15, -0.1) is 0 Å². The van der Waals surface area contributed by atoms with Crippen molar-refractivity contribution in [2.24, 2.45) is 7.05 Å². The van der Waals surface area contributed by atoms with Crippen LogP contribution in [-0.2, 0) is 19.6 Å². The maximum Gasteiger partial charge on any atom is 0.433 e. The van der Waals surface area contributed by atoms with Gasteiger partial charge in [-0.2, -0.15) is 18.3 Å². The van der Waals surface area contributed by atoms with Gasteiger partial charge in [0.1, 0.15) is 22.8 Å². The first-order valence-electron chi connectivity index (χ1n) is 17.3. The maximum absolute atomic E-state index is 14.3. The summed E-state index contributed by atoms with van der Waals surface area (Å²) in [5.41, 5.74) is 1.51. The Morgan fingerprint density at radius 1 is 0.887 bits per heavy atom. The number of pyridine rings is 1. The molecule has 4 aromatic rings. The lowest BCUT2D eigenvalue weighted by atomic mass is 9.91. The quantitative estimate of drug-likeness (QED) is 0.175. The number of aromatic nitrogens is 3. The zero-order chi connectivity index (χ0) is 37.7. The minimum Gasteiger partial charge on any atom is -0.465 e. The molecule has 0 atom stereocenters. The van der Waals surface area contributed by atoms with Gasteiger partial charge in [0.25, 0.3) is 11.8 Å². The second-order valence-corrected chi connectivity index (χ2v) is 13.2. The van der Waals surface area contributed by atoms with Crippen LogP contribution >= 0.6 is 0 Å². The molecule has 2 aromatic carbocycles. The molecule has 12 nitrogen and oxygen atoms in total. The Labute approximate surface area is 302 Å². The summed E-state index contributed by atoms with van der Waals surface area (Å²) < 4.78 is 60.3. The van der Waals surface area contributed by atoms with Gasteiger partial charge in [0.15, 0.2) is 5.69 Å². The predicted molar refractivity (Wildman–Crippen MR) is 185 cm³/mol. The minimum atomic E-state index is -4.64. The largest absolute Gasteiger partial charge is 0.465 e. The van der Waals surface area contributed by atoms with E-state index in [9.17, 15) is 31.9 Å². The van der Waals surface area contributed by atoms with Crippen LogP contribution in [0, 0.1) is 5.82 Å². The molecule has 16 heteroatoms. The summed E-state index contributed by atoms with van der Waals surface area (Å²) in [6.45, 7) is 3.27. The molecule has 1 aliphatic carbocycles. The van der Waals surface area contributed by atoms with Crippen molar-refractivity contribution >= 4 is 17.9 Å². The molecule has 3 N–H and O–H groups in total. The van der Waals surface area contributed by atoms with Crippen molar-refractivity contribution in [3.8, 4) is 22.8 Å². The second kappa shape index (κ2) is 16.0. The summed E-state index contributed by atoms with van der Waals surface area (Å²) in [6, 6.07) is 16.5. The molecule has 0 radical (unpaired) electrons. The van der Waals surface area contributed by atoms with Crippen molar-refractivity contribution in [1.82, 2.24) is 35.2 Å².